The molecule has 0 fully saturated rings. The summed E-state index contributed by atoms with van der Waals surface area (Å²) in [6.45, 7) is 9.47. The van der Waals surface area contributed by atoms with Gasteiger partial charge in [0, 0.05) is 0 Å². The zero-order valence-corrected chi connectivity index (χ0v) is 23.9. The molecule has 190 valence electrons. The summed E-state index contributed by atoms with van der Waals surface area (Å²) in [5.41, 5.74) is 0. The molecule has 0 radical (unpaired) electrons. The summed E-state index contributed by atoms with van der Waals surface area (Å²) < 4.78 is 0. The molecular formula is C30H65P. The van der Waals surface area contributed by atoms with Crippen molar-refractivity contribution in [3.63, 3.8) is 0 Å². The van der Waals surface area contributed by atoms with Gasteiger partial charge in [0.05, 0.1) is 0 Å². The molecule has 0 aromatic carbocycles. The zero-order valence-electron chi connectivity index (χ0n) is 22.9. The first-order chi connectivity index (χ1) is 15.2. The molecule has 0 rings (SSSR count). The second kappa shape index (κ2) is 25.1. The first-order valence-corrected chi connectivity index (χ1v) is 18.1. The molecule has 0 saturated carbocycles. The van der Waals surface area contributed by atoms with Gasteiger partial charge in [0.25, 0.3) is 0 Å². The van der Waals surface area contributed by atoms with Crippen molar-refractivity contribution in [2.24, 2.45) is 0 Å². The van der Waals surface area contributed by atoms with Gasteiger partial charge in [0.2, 0.25) is 0 Å². The van der Waals surface area contributed by atoms with Gasteiger partial charge in [-0.2, -0.15) is 0 Å². The molecule has 0 aromatic rings. The van der Waals surface area contributed by atoms with Crippen LogP contribution >= 0.6 is 7.26 Å². The molecule has 31 heavy (non-hydrogen) atoms. The average molecular weight is 457 g/mol. The number of rotatable bonds is 26. The molecule has 0 bridgehead atoms. The standard InChI is InChI=1S/C30H65P/c1-5-9-12-15-18-21-24-28-31(27-8-4,29-25-22-19-16-13-10-6-2)30-26-23-20-17-14-11-7-3/h31H,5-30H2,1-4H3. The van der Waals surface area contributed by atoms with Crippen molar-refractivity contribution < 1.29 is 0 Å². The van der Waals surface area contributed by atoms with Crippen LogP contribution in [0.2, 0.25) is 0 Å². The van der Waals surface area contributed by atoms with Crippen LogP contribution in [0.3, 0.4) is 0 Å². The molecule has 1 heteroatoms. The minimum atomic E-state index is -1.02. The number of hydrogen-bond acceptors (Lipinski definition) is 0. The third-order valence-electron chi connectivity index (χ3n) is 7.71. The van der Waals surface area contributed by atoms with Crippen LogP contribution in [0, 0.1) is 0 Å². The molecule has 0 N–H and O–H groups in total. The van der Waals surface area contributed by atoms with Crippen LogP contribution in [0.4, 0.5) is 0 Å². The molecule has 0 atom stereocenters. The zero-order chi connectivity index (χ0) is 22.9. The van der Waals surface area contributed by atoms with E-state index in [2.05, 4.69) is 27.7 Å². The summed E-state index contributed by atoms with van der Waals surface area (Å²) in [4.78, 5) is 0. The van der Waals surface area contributed by atoms with Gasteiger partial charge in [-0.3, -0.25) is 0 Å². The SMILES string of the molecule is CCCCCCCCC[PH](CCC)(CCCCCCCCC)CCCCCCCCC. The maximum absolute atomic E-state index is 2.47. The second-order valence-electron chi connectivity index (χ2n) is 10.9. The molecule has 0 heterocycles. The topological polar surface area (TPSA) is 0 Å². The maximum atomic E-state index is 2.47. The van der Waals surface area contributed by atoms with E-state index in [9.17, 15) is 0 Å². The van der Waals surface area contributed by atoms with Gasteiger partial charge in [-0.05, 0) is 0 Å². The van der Waals surface area contributed by atoms with E-state index in [1.165, 1.54) is 122 Å². The molecular weight excluding hydrogens is 391 g/mol. The van der Waals surface area contributed by atoms with Crippen molar-refractivity contribution in [1.82, 2.24) is 0 Å². The Balaban J connectivity index is 4.39. The molecule has 0 amide bonds. The van der Waals surface area contributed by atoms with Crippen LogP contribution in [0.5, 0.6) is 0 Å². The third-order valence-corrected chi connectivity index (χ3v) is 13.5. The third kappa shape index (κ3) is 20.7. The van der Waals surface area contributed by atoms with Crippen molar-refractivity contribution in [3.05, 3.63) is 0 Å². The van der Waals surface area contributed by atoms with E-state index in [1.54, 1.807) is 43.9 Å². The van der Waals surface area contributed by atoms with Gasteiger partial charge in [-0.15, -0.1) is 0 Å². The summed E-state index contributed by atoms with van der Waals surface area (Å²) >= 11 is 0. The summed E-state index contributed by atoms with van der Waals surface area (Å²) in [5.74, 6) is 0. The Morgan fingerprint density at radius 3 is 0.774 bits per heavy atom. The van der Waals surface area contributed by atoms with E-state index in [1.807, 2.05) is 0 Å². The van der Waals surface area contributed by atoms with Crippen LogP contribution in [0.1, 0.15) is 169 Å². The summed E-state index contributed by atoms with van der Waals surface area (Å²) in [7, 11) is -1.02. The first-order valence-electron chi connectivity index (χ1n) is 15.2. The van der Waals surface area contributed by atoms with Crippen molar-refractivity contribution >= 4 is 7.26 Å². The molecule has 0 saturated heterocycles. The van der Waals surface area contributed by atoms with Gasteiger partial charge in [0.15, 0.2) is 0 Å². The fraction of sp³-hybridized carbons (Fsp3) is 1.00. The monoisotopic (exact) mass is 456 g/mol. The fourth-order valence-corrected chi connectivity index (χ4v) is 11.2. The van der Waals surface area contributed by atoms with Gasteiger partial charge < -0.3 is 0 Å². The molecule has 0 aliphatic carbocycles. The van der Waals surface area contributed by atoms with E-state index < -0.39 is 7.26 Å². The predicted molar refractivity (Wildman–Crippen MR) is 152 cm³/mol. The minimum absolute atomic E-state index is 1.02. The van der Waals surface area contributed by atoms with Crippen molar-refractivity contribution in [3.8, 4) is 0 Å². The van der Waals surface area contributed by atoms with E-state index in [0.29, 0.717) is 0 Å². The average Bonchev–Trinajstić information content (AvgIpc) is 2.77. The Kier molecular flexibility index (Phi) is 25.4. The van der Waals surface area contributed by atoms with Crippen LogP contribution < -0.4 is 0 Å². The van der Waals surface area contributed by atoms with Gasteiger partial charge in [-0.1, -0.05) is 0 Å². The van der Waals surface area contributed by atoms with Crippen LogP contribution in [-0.4, -0.2) is 24.6 Å². The number of hydrogen-bond donors (Lipinski definition) is 0. The molecule has 0 aliphatic rings. The normalized spacial score (nSPS) is 12.5. The summed E-state index contributed by atoms with van der Waals surface area (Å²) in [6, 6.07) is 0. The molecule has 0 spiro atoms. The Morgan fingerprint density at radius 2 is 0.516 bits per heavy atom. The van der Waals surface area contributed by atoms with Crippen molar-refractivity contribution in [1.29, 1.82) is 0 Å². The Bertz CT molecular complexity index is 279. The first kappa shape index (κ1) is 31.4. The van der Waals surface area contributed by atoms with E-state index in [4.69, 9.17) is 0 Å². The summed E-state index contributed by atoms with van der Waals surface area (Å²) in [6.07, 6.45) is 39.2. The van der Waals surface area contributed by atoms with Crippen molar-refractivity contribution in [2.45, 2.75) is 169 Å². The van der Waals surface area contributed by atoms with Gasteiger partial charge in [-0.25, -0.2) is 0 Å². The molecule has 0 unspecified atom stereocenters. The quantitative estimate of drug-likeness (QED) is 0.0896. The molecule has 0 aliphatic heterocycles. The number of unbranched alkanes of at least 4 members (excludes halogenated alkanes) is 18. The summed E-state index contributed by atoms with van der Waals surface area (Å²) in [5, 5.41) is 0. The van der Waals surface area contributed by atoms with Gasteiger partial charge in [0.1, 0.15) is 0 Å². The second-order valence-corrected chi connectivity index (χ2v) is 15.9. The predicted octanol–water partition coefficient (Wildman–Crippen LogP) is 11.4. The molecule has 0 aromatic heterocycles. The Morgan fingerprint density at radius 1 is 0.258 bits per heavy atom. The van der Waals surface area contributed by atoms with Crippen LogP contribution in [0.25, 0.3) is 0 Å². The van der Waals surface area contributed by atoms with Gasteiger partial charge >= 0.3 is 201 Å². The molecule has 0 nitrogen and oxygen atoms in total. The fourth-order valence-electron chi connectivity index (χ4n) is 5.65. The van der Waals surface area contributed by atoms with Crippen molar-refractivity contribution in [2.75, 3.05) is 24.6 Å². The van der Waals surface area contributed by atoms with E-state index in [-0.39, 0.29) is 0 Å². The Labute approximate surface area is 200 Å². The van der Waals surface area contributed by atoms with E-state index >= 15 is 0 Å². The Hall–Kier alpha value is 0.430. The van der Waals surface area contributed by atoms with Crippen LogP contribution in [0.15, 0.2) is 0 Å². The van der Waals surface area contributed by atoms with Crippen LogP contribution in [-0.2, 0) is 0 Å². The van der Waals surface area contributed by atoms with E-state index in [0.717, 1.165) is 0 Å².